The van der Waals surface area contributed by atoms with E-state index in [1.165, 1.54) is 21.5 Å². The molecular formula is C45H29N5. The van der Waals surface area contributed by atoms with Crippen LogP contribution >= 0.6 is 0 Å². The van der Waals surface area contributed by atoms with Crippen molar-refractivity contribution in [3.8, 4) is 67.8 Å². The summed E-state index contributed by atoms with van der Waals surface area (Å²) in [5.74, 6) is 1.08. The molecule has 3 aromatic heterocycles. The molecule has 0 unspecified atom stereocenters. The maximum Gasteiger partial charge on any atom is 0.178 e. The largest absolute Gasteiger partial charge is 0.241 e. The molecule has 0 spiro atoms. The molecule has 5 nitrogen and oxygen atoms in total. The molecule has 0 aliphatic heterocycles. The van der Waals surface area contributed by atoms with Crippen molar-refractivity contribution in [2.45, 2.75) is 0 Å². The molecular weight excluding hydrogens is 611 g/mol. The molecule has 50 heavy (non-hydrogen) atoms. The summed E-state index contributed by atoms with van der Waals surface area (Å²) in [5.41, 5.74) is 9.58. The Kier molecular flexibility index (Phi) is 7.41. The molecule has 0 saturated heterocycles. The number of benzene rings is 6. The number of rotatable bonds is 6. The van der Waals surface area contributed by atoms with E-state index in [-0.39, 0.29) is 0 Å². The lowest BCUT2D eigenvalue weighted by molar-refractivity contribution is 1.11. The van der Waals surface area contributed by atoms with E-state index in [0.29, 0.717) is 23.0 Å². The quantitative estimate of drug-likeness (QED) is 0.181. The van der Waals surface area contributed by atoms with Crippen LogP contribution in [0.4, 0.5) is 0 Å². The maximum absolute atomic E-state index is 4.94. The van der Waals surface area contributed by atoms with Crippen molar-refractivity contribution in [2.75, 3.05) is 0 Å². The summed E-state index contributed by atoms with van der Waals surface area (Å²) in [6.45, 7) is 0. The van der Waals surface area contributed by atoms with Crippen LogP contribution in [0.3, 0.4) is 0 Å². The van der Waals surface area contributed by atoms with Gasteiger partial charge < -0.3 is 0 Å². The summed E-state index contributed by atoms with van der Waals surface area (Å²) >= 11 is 0. The van der Waals surface area contributed by atoms with E-state index in [0.717, 1.165) is 44.8 Å². The Balaban J connectivity index is 1.01. The smallest absolute Gasteiger partial charge is 0.178 e. The lowest BCUT2D eigenvalue weighted by atomic mass is 9.99. The number of hydrogen-bond acceptors (Lipinski definition) is 5. The van der Waals surface area contributed by atoms with Crippen molar-refractivity contribution in [1.82, 2.24) is 24.9 Å². The van der Waals surface area contributed by atoms with E-state index >= 15 is 0 Å². The third-order valence-corrected chi connectivity index (χ3v) is 9.00. The van der Waals surface area contributed by atoms with E-state index in [9.17, 15) is 0 Å². The number of fused-ring (bicyclic) bond motifs is 2. The third kappa shape index (κ3) is 5.78. The maximum atomic E-state index is 4.94. The van der Waals surface area contributed by atoms with E-state index in [1.807, 2.05) is 30.3 Å². The van der Waals surface area contributed by atoms with Crippen LogP contribution in [0, 0.1) is 0 Å². The van der Waals surface area contributed by atoms with Gasteiger partial charge in [0.15, 0.2) is 11.6 Å². The van der Waals surface area contributed by atoms with Gasteiger partial charge in [-0.3, -0.25) is 0 Å². The van der Waals surface area contributed by atoms with Crippen LogP contribution in [0.1, 0.15) is 0 Å². The normalized spacial score (nSPS) is 11.2. The number of nitrogens with zero attached hydrogens (tertiary/aromatic N) is 5. The molecule has 9 rings (SSSR count). The van der Waals surface area contributed by atoms with Gasteiger partial charge in [0.25, 0.3) is 0 Å². The minimum absolute atomic E-state index is 0.541. The Bertz CT molecular complexity index is 2500. The molecule has 0 saturated carbocycles. The van der Waals surface area contributed by atoms with Crippen LogP contribution in [0.2, 0.25) is 0 Å². The van der Waals surface area contributed by atoms with Gasteiger partial charge in [0.05, 0.1) is 11.4 Å². The van der Waals surface area contributed by atoms with Crippen LogP contribution < -0.4 is 0 Å². The molecule has 5 heteroatoms. The first-order valence-corrected chi connectivity index (χ1v) is 16.6. The van der Waals surface area contributed by atoms with Gasteiger partial charge in [-0.05, 0) is 92.3 Å². The fourth-order valence-electron chi connectivity index (χ4n) is 6.42. The molecule has 0 bridgehead atoms. The Morgan fingerprint density at radius 3 is 1.18 bits per heavy atom. The highest BCUT2D eigenvalue weighted by atomic mass is 14.9. The first-order valence-electron chi connectivity index (χ1n) is 16.6. The lowest BCUT2D eigenvalue weighted by Crippen LogP contribution is -1.97. The van der Waals surface area contributed by atoms with Crippen LogP contribution in [-0.4, -0.2) is 24.9 Å². The zero-order valence-corrected chi connectivity index (χ0v) is 27.0. The van der Waals surface area contributed by atoms with E-state index < -0.39 is 0 Å². The van der Waals surface area contributed by atoms with Crippen LogP contribution in [0.25, 0.3) is 89.4 Å². The van der Waals surface area contributed by atoms with Gasteiger partial charge in [-0.1, -0.05) is 115 Å². The highest BCUT2D eigenvalue weighted by Gasteiger charge is 2.12. The number of hydrogen-bond donors (Lipinski definition) is 0. The van der Waals surface area contributed by atoms with E-state index in [1.54, 1.807) is 12.4 Å². The van der Waals surface area contributed by atoms with Crippen molar-refractivity contribution in [3.05, 3.63) is 176 Å². The lowest BCUT2D eigenvalue weighted by Gasteiger charge is -2.09. The van der Waals surface area contributed by atoms with Crippen molar-refractivity contribution in [1.29, 1.82) is 0 Å². The van der Waals surface area contributed by atoms with Gasteiger partial charge in [0, 0.05) is 23.5 Å². The van der Waals surface area contributed by atoms with Crippen molar-refractivity contribution >= 4 is 21.5 Å². The second-order valence-corrected chi connectivity index (χ2v) is 12.2. The van der Waals surface area contributed by atoms with Gasteiger partial charge in [-0.25, -0.2) is 24.9 Å². The molecule has 0 atom stereocenters. The summed E-state index contributed by atoms with van der Waals surface area (Å²) in [5, 5.41) is 4.89. The second kappa shape index (κ2) is 12.6. The Labute approximate surface area is 289 Å². The second-order valence-electron chi connectivity index (χ2n) is 12.2. The average Bonchev–Trinajstić information content (AvgIpc) is 3.21. The van der Waals surface area contributed by atoms with Crippen LogP contribution in [-0.2, 0) is 0 Å². The van der Waals surface area contributed by atoms with Crippen molar-refractivity contribution < 1.29 is 0 Å². The SMILES string of the molecule is c1cc(-c2ccc3ccccc3c2)cc(-c2ccnc(-c3cccc(-c4nccc(-c5cccc(-c6ccc7ccccc7c6)c5)n4)n3)n2)c1. The minimum atomic E-state index is 0.541. The Morgan fingerprint density at radius 1 is 0.260 bits per heavy atom. The molecule has 0 amide bonds. The Morgan fingerprint density at radius 2 is 0.680 bits per heavy atom. The first-order chi connectivity index (χ1) is 24.7. The molecule has 0 radical (unpaired) electrons. The van der Waals surface area contributed by atoms with Gasteiger partial charge >= 0.3 is 0 Å². The van der Waals surface area contributed by atoms with Crippen molar-refractivity contribution in [3.63, 3.8) is 0 Å². The fraction of sp³-hybridized carbons (Fsp3) is 0. The summed E-state index contributed by atoms with van der Waals surface area (Å²) in [4.78, 5) is 24.0. The molecule has 0 aliphatic carbocycles. The molecule has 6 aromatic carbocycles. The summed E-state index contributed by atoms with van der Waals surface area (Å²) in [6.07, 6.45) is 3.57. The summed E-state index contributed by atoms with van der Waals surface area (Å²) in [6, 6.07) is 56.6. The predicted molar refractivity (Wildman–Crippen MR) is 203 cm³/mol. The third-order valence-electron chi connectivity index (χ3n) is 9.00. The van der Waals surface area contributed by atoms with Gasteiger partial charge in [-0.15, -0.1) is 0 Å². The van der Waals surface area contributed by atoms with E-state index in [2.05, 4.69) is 143 Å². The number of aromatic nitrogens is 5. The summed E-state index contributed by atoms with van der Waals surface area (Å²) in [7, 11) is 0. The molecule has 234 valence electrons. The molecule has 0 aliphatic rings. The topological polar surface area (TPSA) is 64.5 Å². The molecule has 3 heterocycles. The first kappa shape index (κ1) is 29.3. The minimum Gasteiger partial charge on any atom is -0.241 e. The van der Waals surface area contributed by atoms with Crippen LogP contribution in [0.5, 0.6) is 0 Å². The molecule has 9 aromatic rings. The Hall–Kier alpha value is -6.85. The van der Waals surface area contributed by atoms with E-state index in [4.69, 9.17) is 15.0 Å². The van der Waals surface area contributed by atoms with Gasteiger partial charge in [-0.2, -0.15) is 0 Å². The standard InChI is InChI=1S/C45H29N5/c1-3-10-32-26-36(20-18-30(32)8-1)34-12-5-14-38(28-34)40-22-24-46-44(49-40)42-16-7-17-43(48-42)45-47-25-23-41(50-45)39-15-6-13-35(29-39)37-21-19-31-9-2-4-11-33(31)27-37/h1-29H. The monoisotopic (exact) mass is 639 g/mol. The van der Waals surface area contributed by atoms with Crippen molar-refractivity contribution in [2.24, 2.45) is 0 Å². The van der Waals surface area contributed by atoms with Gasteiger partial charge in [0.2, 0.25) is 0 Å². The molecule has 0 N–H and O–H groups in total. The molecule has 0 fully saturated rings. The average molecular weight is 640 g/mol. The zero-order valence-electron chi connectivity index (χ0n) is 27.0. The number of pyridine rings is 1. The highest BCUT2D eigenvalue weighted by molar-refractivity contribution is 5.89. The highest BCUT2D eigenvalue weighted by Crippen LogP contribution is 2.31. The fourth-order valence-corrected chi connectivity index (χ4v) is 6.42. The summed E-state index contributed by atoms with van der Waals surface area (Å²) < 4.78 is 0. The van der Waals surface area contributed by atoms with Crippen LogP contribution in [0.15, 0.2) is 176 Å². The predicted octanol–water partition coefficient (Wildman–Crippen LogP) is 11.0. The zero-order chi connectivity index (χ0) is 33.3. The van der Waals surface area contributed by atoms with Gasteiger partial charge in [0.1, 0.15) is 11.4 Å².